The van der Waals surface area contributed by atoms with Gasteiger partial charge in [-0.05, 0) is 41.8 Å². The smallest absolute Gasteiger partial charge is 0.0924 e. The molecule has 0 fully saturated rings. The van der Waals surface area contributed by atoms with Crippen molar-refractivity contribution in [3.8, 4) is 16.9 Å². The van der Waals surface area contributed by atoms with Crippen LogP contribution in [0.4, 0.5) is 0 Å². The van der Waals surface area contributed by atoms with Crippen LogP contribution in [0.25, 0.3) is 28.0 Å². The average Bonchev–Trinajstić information content (AvgIpc) is 3.25. The predicted octanol–water partition coefficient (Wildman–Crippen LogP) is 5.07. The third-order valence-corrected chi connectivity index (χ3v) is 4.78. The van der Waals surface area contributed by atoms with E-state index < -0.39 is 0 Å². The normalized spacial score (nSPS) is 11.0. The van der Waals surface area contributed by atoms with Gasteiger partial charge in [-0.2, -0.15) is 5.10 Å². The minimum Gasteiger partial charge on any atom is -0.252 e. The van der Waals surface area contributed by atoms with Crippen molar-refractivity contribution in [2.75, 3.05) is 0 Å². The van der Waals surface area contributed by atoms with Crippen molar-refractivity contribution in [3.63, 3.8) is 0 Å². The van der Waals surface area contributed by atoms with Crippen molar-refractivity contribution in [2.45, 2.75) is 6.42 Å². The molecule has 2 heterocycles. The summed E-state index contributed by atoms with van der Waals surface area (Å²) in [4.78, 5) is 9.19. The zero-order chi connectivity index (χ0) is 18.8. The second-order valence-corrected chi connectivity index (χ2v) is 6.75. The minimum absolute atomic E-state index is 0.825. The van der Waals surface area contributed by atoms with E-state index in [4.69, 9.17) is 4.98 Å². The highest BCUT2D eigenvalue weighted by molar-refractivity contribution is 5.76. The number of para-hydroxylation sites is 2. The quantitative estimate of drug-likeness (QED) is 0.448. The number of aromatic nitrogens is 4. The van der Waals surface area contributed by atoms with Gasteiger partial charge in [0.15, 0.2) is 0 Å². The van der Waals surface area contributed by atoms with Crippen LogP contribution in [-0.4, -0.2) is 19.7 Å². The van der Waals surface area contributed by atoms with Crippen molar-refractivity contribution >= 4 is 11.0 Å². The molecule has 4 nitrogen and oxygen atoms in total. The van der Waals surface area contributed by atoms with E-state index in [0.717, 1.165) is 34.4 Å². The first-order chi connectivity index (χ1) is 13.8. The second-order valence-electron chi connectivity index (χ2n) is 6.75. The standard InChI is InChI=1S/C24H18N4/c1-2-6-18(7-3-1)14-19-10-12-21(13-11-19)28-17-20(15-26-28)24-16-25-22-8-4-5-9-23(22)27-24/h1-13,15-17H,14H2. The van der Waals surface area contributed by atoms with Gasteiger partial charge in [0.1, 0.15) is 0 Å². The fourth-order valence-corrected chi connectivity index (χ4v) is 3.29. The molecule has 4 heteroatoms. The number of rotatable bonds is 4. The summed E-state index contributed by atoms with van der Waals surface area (Å²) in [6.45, 7) is 0. The summed E-state index contributed by atoms with van der Waals surface area (Å²) in [6.07, 6.45) is 6.55. The third-order valence-electron chi connectivity index (χ3n) is 4.78. The summed E-state index contributed by atoms with van der Waals surface area (Å²) in [7, 11) is 0. The number of fused-ring (bicyclic) bond motifs is 1. The third kappa shape index (κ3) is 3.28. The monoisotopic (exact) mass is 362 g/mol. The number of benzene rings is 3. The molecule has 2 aromatic heterocycles. The van der Waals surface area contributed by atoms with Gasteiger partial charge in [0, 0.05) is 11.8 Å². The van der Waals surface area contributed by atoms with Crippen molar-refractivity contribution in [1.29, 1.82) is 0 Å². The first-order valence-corrected chi connectivity index (χ1v) is 9.25. The Bertz CT molecular complexity index is 1220. The van der Waals surface area contributed by atoms with E-state index in [-0.39, 0.29) is 0 Å². The molecule has 0 saturated heterocycles. The molecule has 0 aliphatic carbocycles. The Hall–Kier alpha value is -3.79. The first-order valence-electron chi connectivity index (χ1n) is 9.25. The van der Waals surface area contributed by atoms with Crippen LogP contribution in [0.15, 0.2) is 97.5 Å². The summed E-state index contributed by atoms with van der Waals surface area (Å²) in [6, 6.07) is 26.9. The van der Waals surface area contributed by atoms with Crippen LogP contribution in [-0.2, 0) is 6.42 Å². The molecule has 0 aliphatic heterocycles. The van der Waals surface area contributed by atoms with Crippen LogP contribution < -0.4 is 0 Å². The van der Waals surface area contributed by atoms with E-state index in [9.17, 15) is 0 Å². The van der Waals surface area contributed by atoms with Gasteiger partial charge in [0.25, 0.3) is 0 Å². The minimum atomic E-state index is 0.825. The van der Waals surface area contributed by atoms with Gasteiger partial charge in [0.05, 0.1) is 34.8 Å². The number of nitrogens with zero attached hydrogens (tertiary/aromatic N) is 4. The zero-order valence-electron chi connectivity index (χ0n) is 15.2. The summed E-state index contributed by atoms with van der Waals surface area (Å²) in [5, 5.41) is 4.51. The summed E-state index contributed by atoms with van der Waals surface area (Å²) in [5.74, 6) is 0. The van der Waals surface area contributed by atoms with E-state index in [1.807, 2.05) is 47.4 Å². The Labute approximate surface area is 163 Å². The molecule has 28 heavy (non-hydrogen) atoms. The maximum Gasteiger partial charge on any atom is 0.0924 e. The molecule has 0 N–H and O–H groups in total. The van der Waals surface area contributed by atoms with Crippen LogP contribution in [0.5, 0.6) is 0 Å². The summed E-state index contributed by atoms with van der Waals surface area (Å²) in [5.41, 5.74) is 7.17. The molecule has 0 aliphatic rings. The topological polar surface area (TPSA) is 43.6 Å². The van der Waals surface area contributed by atoms with Crippen molar-refractivity contribution in [3.05, 3.63) is 109 Å². The maximum absolute atomic E-state index is 4.70. The summed E-state index contributed by atoms with van der Waals surface area (Å²) < 4.78 is 1.87. The molecule has 0 amide bonds. The Morgan fingerprint density at radius 2 is 1.39 bits per heavy atom. The lowest BCUT2D eigenvalue weighted by Crippen LogP contribution is -1.95. The van der Waals surface area contributed by atoms with Crippen LogP contribution in [0, 0.1) is 0 Å². The number of hydrogen-bond donors (Lipinski definition) is 0. The molecular weight excluding hydrogens is 344 g/mol. The van der Waals surface area contributed by atoms with Crippen LogP contribution in [0.3, 0.4) is 0 Å². The Balaban J connectivity index is 1.39. The lowest BCUT2D eigenvalue weighted by atomic mass is 10.0. The molecule has 0 atom stereocenters. The molecule has 5 aromatic rings. The van der Waals surface area contributed by atoms with E-state index in [2.05, 4.69) is 58.6 Å². The molecule has 5 rings (SSSR count). The van der Waals surface area contributed by atoms with Crippen LogP contribution in [0.2, 0.25) is 0 Å². The maximum atomic E-state index is 4.70. The van der Waals surface area contributed by atoms with Gasteiger partial charge >= 0.3 is 0 Å². The Kier molecular flexibility index (Phi) is 4.14. The van der Waals surface area contributed by atoms with E-state index in [1.54, 1.807) is 6.20 Å². The molecular formula is C24H18N4. The highest BCUT2D eigenvalue weighted by Gasteiger charge is 2.07. The van der Waals surface area contributed by atoms with Gasteiger partial charge in [-0.15, -0.1) is 0 Å². The second kappa shape index (κ2) is 7.08. The predicted molar refractivity (Wildman–Crippen MR) is 111 cm³/mol. The molecule has 134 valence electrons. The highest BCUT2D eigenvalue weighted by Crippen LogP contribution is 2.20. The lowest BCUT2D eigenvalue weighted by molar-refractivity contribution is 0.879. The van der Waals surface area contributed by atoms with Gasteiger partial charge in [-0.1, -0.05) is 54.6 Å². The highest BCUT2D eigenvalue weighted by atomic mass is 15.3. The van der Waals surface area contributed by atoms with E-state index in [0.29, 0.717) is 0 Å². The number of hydrogen-bond acceptors (Lipinski definition) is 3. The molecule has 0 unspecified atom stereocenters. The van der Waals surface area contributed by atoms with Crippen molar-refractivity contribution in [1.82, 2.24) is 19.7 Å². The van der Waals surface area contributed by atoms with Gasteiger partial charge in [-0.3, -0.25) is 4.98 Å². The fourth-order valence-electron chi connectivity index (χ4n) is 3.29. The zero-order valence-corrected chi connectivity index (χ0v) is 15.2. The summed E-state index contributed by atoms with van der Waals surface area (Å²) >= 11 is 0. The molecule has 0 spiro atoms. The molecule has 3 aromatic carbocycles. The molecule has 0 radical (unpaired) electrons. The van der Waals surface area contributed by atoms with Crippen LogP contribution in [0.1, 0.15) is 11.1 Å². The first kappa shape index (κ1) is 16.4. The SMILES string of the molecule is c1ccc(Cc2ccc(-n3cc(-c4cnc5ccccc5n4)cn3)cc2)cc1. The van der Waals surface area contributed by atoms with Gasteiger partial charge in [0.2, 0.25) is 0 Å². The van der Waals surface area contributed by atoms with E-state index in [1.165, 1.54) is 11.1 Å². The van der Waals surface area contributed by atoms with Crippen LogP contribution >= 0.6 is 0 Å². The molecule has 0 bridgehead atoms. The lowest BCUT2D eigenvalue weighted by Gasteiger charge is -2.05. The van der Waals surface area contributed by atoms with Gasteiger partial charge < -0.3 is 0 Å². The molecule has 0 saturated carbocycles. The Morgan fingerprint density at radius 3 is 2.21 bits per heavy atom. The van der Waals surface area contributed by atoms with E-state index >= 15 is 0 Å². The Morgan fingerprint density at radius 1 is 0.679 bits per heavy atom. The largest absolute Gasteiger partial charge is 0.252 e. The average molecular weight is 362 g/mol. The van der Waals surface area contributed by atoms with Crippen molar-refractivity contribution < 1.29 is 0 Å². The van der Waals surface area contributed by atoms with Crippen molar-refractivity contribution in [2.24, 2.45) is 0 Å². The van der Waals surface area contributed by atoms with Gasteiger partial charge in [-0.25, -0.2) is 9.67 Å². The fraction of sp³-hybridized carbons (Fsp3) is 0.0417.